The summed E-state index contributed by atoms with van der Waals surface area (Å²) in [5, 5.41) is 3.53. The fraction of sp³-hybridized carbons (Fsp3) is 0.533. The van der Waals surface area contributed by atoms with Crippen LogP contribution in [0.1, 0.15) is 52.3 Å². The van der Waals surface area contributed by atoms with Crippen LogP contribution < -0.4 is 5.32 Å². The number of rotatable bonds is 5. The maximum Gasteiger partial charge on any atom is 0.198 e. The summed E-state index contributed by atoms with van der Waals surface area (Å²) in [6, 6.07) is 6.66. The summed E-state index contributed by atoms with van der Waals surface area (Å²) < 4.78 is 5.70. The van der Waals surface area contributed by atoms with Crippen molar-refractivity contribution >= 4 is 16.8 Å². The lowest BCUT2D eigenvalue weighted by atomic mass is 10.1. The van der Waals surface area contributed by atoms with Gasteiger partial charge in [0, 0.05) is 17.6 Å². The van der Waals surface area contributed by atoms with E-state index in [9.17, 15) is 0 Å². The second-order valence-corrected chi connectivity index (χ2v) is 5.05. The molecule has 0 bridgehead atoms. The average molecular weight is 246 g/mol. The molecule has 2 aromatic rings. The molecule has 1 aromatic heterocycles. The summed E-state index contributed by atoms with van der Waals surface area (Å²) >= 11 is 0. The van der Waals surface area contributed by atoms with E-state index in [0.29, 0.717) is 12.0 Å². The highest BCUT2D eigenvalue weighted by molar-refractivity contribution is 5.77. The zero-order chi connectivity index (χ0) is 13.1. The molecule has 1 aromatic carbocycles. The first-order valence-corrected chi connectivity index (χ1v) is 6.81. The second-order valence-electron chi connectivity index (χ2n) is 5.05. The van der Waals surface area contributed by atoms with Gasteiger partial charge in [-0.05, 0) is 31.0 Å². The number of nitrogens with one attached hydrogen (secondary N) is 1. The molecule has 0 atom stereocenters. The van der Waals surface area contributed by atoms with Crippen molar-refractivity contribution in [2.24, 2.45) is 0 Å². The van der Waals surface area contributed by atoms with E-state index in [0.717, 1.165) is 35.5 Å². The Morgan fingerprint density at radius 2 is 1.94 bits per heavy atom. The molecule has 98 valence electrons. The molecule has 0 fully saturated rings. The number of hydrogen-bond acceptors (Lipinski definition) is 3. The Balaban J connectivity index is 2.26. The topological polar surface area (TPSA) is 38.1 Å². The summed E-state index contributed by atoms with van der Waals surface area (Å²) in [5.74, 6) is 1.14. The van der Waals surface area contributed by atoms with Crippen LogP contribution in [0.25, 0.3) is 11.1 Å². The SMILES string of the molecule is CCC(CC)Nc1ccc2oc(C(C)C)nc2c1. The number of anilines is 1. The lowest BCUT2D eigenvalue weighted by Gasteiger charge is -2.15. The predicted octanol–water partition coefficient (Wildman–Crippen LogP) is 4.55. The molecule has 2 rings (SSSR count). The van der Waals surface area contributed by atoms with E-state index >= 15 is 0 Å². The Labute approximate surface area is 109 Å². The maximum atomic E-state index is 5.70. The maximum absolute atomic E-state index is 5.70. The molecule has 3 heteroatoms. The third-order valence-electron chi connectivity index (χ3n) is 3.25. The Morgan fingerprint density at radius 1 is 1.22 bits per heavy atom. The van der Waals surface area contributed by atoms with E-state index in [1.54, 1.807) is 0 Å². The van der Waals surface area contributed by atoms with Gasteiger partial charge in [-0.2, -0.15) is 0 Å². The van der Waals surface area contributed by atoms with E-state index in [1.165, 1.54) is 0 Å². The number of nitrogens with zero attached hydrogens (tertiary/aromatic N) is 1. The van der Waals surface area contributed by atoms with Gasteiger partial charge >= 0.3 is 0 Å². The number of oxazole rings is 1. The lowest BCUT2D eigenvalue weighted by molar-refractivity contribution is 0.501. The first-order chi connectivity index (χ1) is 8.63. The quantitative estimate of drug-likeness (QED) is 0.841. The first-order valence-electron chi connectivity index (χ1n) is 6.81. The Hall–Kier alpha value is -1.51. The fourth-order valence-corrected chi connectivity index (χ4v) is 2.01. The van der Waals surface area contributed by atoms with Gasteiger partial charge in [0.15, 0.2) is 11.5 Å². The normalized spacial score (nSPS) is 11.7. The molecule has 0 saturated carbocycles. The molecule has 0 aliphatic rings. The van der Waals surface area contributed by atoms with Crippen molar-refractivity contribution in [3.05, 3.63) is 24.1 Å². The summed E-state index contributed by atoms with van der Waals surface area (Å²) in [6.07, 6.45) is 2.26. The highest BCUT2D eigenvalue weighted by Crippen LogP contribution is 2.24. The molecule has 0 radical (unpaired) electrons. The minimum absolute atomic E-state index is 0.327. The molecule has 0 aliphatic carbocycles. The molecule has 1 heterocycles. The molecule has 0 amide bonds. The van der Waals surface area contributed by atoms with Gasteiger partial charge in [-0.1, -0.05) is 27.7 Å². The molecule has 0 aliphatic heterocycles. The van der Waals surface area contributed by atoms with E-state index in [2.05, 4.69) is 50.1 Å². The van der Waals surface area contributed by atoms with Crippen molar-refractivity contribution in [1.82, 2.24) is 4.98 Å². The number of fused-ring (bicyclic) bond motifs is 1. The smallest absolute Gasteiger partial charge is 0.198 e. The second kappa shape index (κ2) is 5.42. The van der Waals surface area contributed by atoms with Crippen LogP contribution in [-0.2, 0) is 0 Å². The summed E-state index contributed by atoms with van der Waals surface area (Å²) in [5.41, 5.74) is 2.93. The summed E-state index contributed by atoms with van der Waals surface area (Å²) in [7, 11) is 0. The third kappa shape index (κ3) is 2.66. The number of hydrogen-bond donors (Lipinski definition) is 1. The Bertz CT molecular complexity index is 512. The zero-order valence-electron chi connectivity index (χ0n) is 11.7. The van der Waals surface area contributed by atoms with Crippen molar-refractivity contribution in [3.63, 3.8) is 0 Å². The van der Waals surface area contributed by atoms with Crippen molar-refractivity contribution < 1.29 is 4.42 Å². The predicted molar refractivity (Wildman–Crippen MR) is 76.1 cm³/mol. The van der Waals surface area contributed by atoms with Gasteiger partial charge in [-0.15, -0.1) is 0 Å². The van der Waals surface area contributed by atoms with Crippen LogP contribution in [0.3, 0.4) is 0 Å². The van der Waals surface area contributed by atoms with E-state index in [-0.39, 0.29) is 0 Å². The summed E-state index contributed by atoms with van der Waals surface area (Å²) in [4.78, 5) is 4.53. The first kappa shape index (κ1) is 12.9. The number of benzene rings is 1. The zero-order valence-corrected chi connectivity index (χ0v) is 11.7. The van der Waals surface area contributed by atoms with Gasteiger partial charge in [0.25, 0.3) is 0 Å². The average Bonchev–Trinajstić information content (AvgIpc) is 2.79. The van der Waals surface area contributed by atoms with Crippen LogP contribution in [0.5, 0.6) is 0 Å². The van der Waals surface area contributed by atoms with Gasteiger partial charge in [0.05, 0.1) is 0 Å². The Morgan fingerprint density at radius 3 is 2.56 bits per heavy atom. The molecule has 3 nitrogen and oxygen atoms in total. The molecule has 18 heavy (non-hydrogen) atoms. The minimum Gasteiger partial charge on any atom is -0.440 e. The van der Waals surface area contributed by atoms with Crippen molar-refractivity contribution in [2.75, 3.05) is 5.32 Å². The molecule has 1 N–H and O–H groups in total. The Kier molecular flexibility index (Phi) is 3.90. The largest absolute Gasteiger partial charge is 0.440 e. The van der Waals surface area contributed by atoms with Crippen LogP contribution in [0.4, 0.5) is 5.69 Å². The molecule has 0 unspecified atom stereocenters. The number of aromatic nitrogens is 1. The van der Waals surface area contributed by atoms with E-state index in [1.807, 2.05) is 6.07 Å². The lowest BCUT2D eigenvalue weighted by Crippen LogP contribution is -2.16. The monoisotopic (exact) mass is 246 g/mol. The van der Waals surface area contributed by atoms with E-state index in [4.69, 9.17) is 4.42 Å². The van der Waals surface area contributed by atoms with Crippen molar-refractivity contribution in [1.29, 1.82) is 0 Å². The van der Waals surface area contributed by atoms with Gasteiger partial charge in [-0.25, -0.2) is 4.98 Å². The van der Waals surface area contributed by atoms with Crippen LogP contribution >= 0.6 is 0 Å². The van der Waals surface area contributed by atoms with Crippen LogP contribution in [-0.4, -0.2) is 11.0 Å². The van der Waals surface area contributed by atoms with Gasteiger partial charge in [0.2, 0.25) is 0 Å². The molecular weight excluding hydrogens is 224 g/mol. The van der Waals surface area contributed by atoms with Crippen LogP contribution in [0, 0.1) is 0 Å². The van der Waals surface area contributed by atoms with Crippen LogP contribution in [0.2, 0.25) is 0 Å². The highest BCUT2D eigenvalue weighted by Gasteiger charge is 2.10. The standard InChI is InChI=1S/C15H22N2O/c1-5-11(6-2)16-12-7-8-14-13(9-12)17-15(18-14)10(3)4/h7-11,16H,5-6H2,1-4H3. The molecule has 0 spiro atoms. The van der Waals surface area contributed by atoms with Gasteiger partial charge in [0.1, 0.15) is 5.52 Å². The minimum atomic E-state index is 0.327. The van der Waals surface area contributed by atoms with Gasteiger partial charge in [-0.3, -0.25) is 0 Å². The van der Waals surface area contributed by atoms with Crippen LogP contribution in [0.15, 0.2) is 22.6 Å². The van der Waals surface area contributed by atoms with E-state index < -0.39 is 0 Å². The highest BCUT2D eigenvalue weighted by atomic mass is 16.3. The van der Waals surface area contributed by atoms with Gasteiger partial charge < -0.3 is 9.73 Å². The molecule has 0 saturated heterocycles. The summed E-state index contributed by atoms with van der Waals surface area (Å²) in [6.45, 7) is 8.58. The van der Waals surface area contributed by atoms with Crippen molar-refractivity contribution in [2.45, 2.75) is 52.5 Å². The fourth-order valence-electron chi connectivity index (χ4n) is 2.01. The molecular formula is C15H22N2O. The van der Waals surface area contributed by atoms with Crippen molar-refractivity contribution in [3.8, 4) is 0 Å². The third-order valence-corrected chi connectivity index (χ3v) is 3.25.